The molecule has 2 aliphatic heterocycles. The van der Waals surface area contributed by atoms with Gasteiger partial charge in [0.2, 0.25) is 5.91 Å². The van der Waals surface area contributed by atoms with E-state index >= 15 is 0 Å². The smallest absolute Gasteiger partial charge is 0.239 e. The standard InChI is InChI=1S/C14H26N2O2/c1-11(2)16-7-4-3-5-13(16)14(18)15-8-6-12(9-15)10-17/h11-13,17H,3-10H2,1-2H3. The van der Waals surface area contributed by atoms with Crippen LogP contribution in [0, 0.1) is 5.92 Å². The first kappa shape index (κ1) is 13.8. The van der Waals surface area contributed by atoms with Gasteiger partial charge in [-0.3, -0.25) is 9.69 Å². The molecule has 2 fully saturated rings. The number of rotatable bonds is 3. The van der Waals surface area contributed by atoms with Crippen LogP contribution >= 0.6 is 0 Å². The normalized spacial score (nSPS) is 30.1. The Balaban J connectivity index is 1.98. The van der Waals surface area contributed by atoms with Crippen LogP contribution in [0.4, 0.5) is 0 Å². The lowest BCUT2D eigenvalue weighted by Gasteiger charge is -2.39. The molecule has 2 saturated heterocycles. The minimum absolute atomic E-state index is 0.0798. The van der Waals surface area contributed by atoms with Gasteiger partial charge in [0.05, 0.1) is 6.04 Å². The SMILES string of the molecule is CC(C)N1CCCCC1C(=O)N1CCC(CO)C1. The Hall–Kier alpha value is -0.610. The number of carbonyl (C=O) groups is 1. The van der Waals surface area contributed by atoms with E-state index in [2.05, 4.69) is 18.7 Å². The second-order valence-electron chi connectivity index (χ2n) is 5.96. The zero-order chi connectivity index (χ0) is 13.1. The van der Waals surface area contributed by atoms with E-state index in [0.29, 0.717) is 17.9 Å². The van der Waals surface area contributed by atoms with Gasteiger partial charge in [-0.1, -0.05) is 6.42 Å². The number of carbonyl (C=O) groups excluding carboxylic acids is 1. The molecule has 0 radical (unpaired) electrons. The maximum atomic E-state index is 12.6. The summed E-state index contributed by atoms with van der Waals surface area (Å²) in [5.41, 5.74) is 0. The van der Waals surface area contributed by atoms with E-state index in [1.807, 2.05) is 4.90 Å². The van der Waals surface area contributed by atoms with Crippen molar-refractivity contribution < 1.29 is 9.90 Å². The van der Waals surface area contributed by atoms with Crippen LogP contribution in [0.25, 0.3) is 0 Å². The molecule has 0 aromatic carbocycles. The van der Waals surface area contributed by atoms with Gasteiger partial charge in [-0.15, -0.1) is 0 Å². The molecule has 1 amide bonds. The molecule has 104 valence electrons. The number of piperidine rings is 1. The van der Waals surface area contributed by atoms with Crippen molar-refractivity contribution in [1.82, 2.24) is 9.80 Å². The van der Waals surface area contributed by atoms with Gasteiger partial charge in [0.15, 0.2) is 0 Å². The molecule has 0 aliphatic carbocycles. The van der Waals surface area contributed by atoms with Crippen LogP contribution in [-0.4, -0.2) is 59.1 Å². The van der Waals surface area contributed by atoms with Gasteiger partial charge in [-0.2, -0.15) is 0 Å². The van der Waals surface area contributed by atoms with Gasteiger partial charge in [-0.25, -0.2) is 0 Å². The van der Waals surface area contributed by atoms with Crippen molar-refractivity contribution in [3.8, 4) is 0 Å². The van der Waals surface area contributed by atoms with E-state index in [0.717, 1.165) is 38.9 Å². The molecular formula is C14H26N2O2. The van der Waals surface area contributed by atoms with Crippen LogP contribution in [0.3, 0.4) is 0 Å². The summed E-state index contributed by atoms with van der Waals surface area (Å²) in [6, 6.07) is 0.520. The summed E-state index contributed by atoms with van der Waals surface area (Å²) in [5, 5.41) is 9.17. The topological polar surface area (TPSA) is 43.8 Å². The minimum atomic E-state index is 0.0798. The average molecular weight is 254 g/mol. The molecule has 2 heterocycles. The second-order valence-corrected chi connectivity index (χ2v) is 5.96. The van der Waals surface area contributed by atoms with Gasteiger partial charge >= 0.3 is 0 Å². The third-order valence-electron chi connectivity index (χ3n) is 4.35. The zero-order valence-corrected chi connectivity index (χ0v) is 11.6. The van der Waals surface area contributed by atoms with Crippen molar-refractivity contribution in [2.24, 2.45) is 5.92 Å². The number of hydrogen-bond acceptors (Lipinski definition) is 3. The molecule has 2 unspecified atom stereocenters. The van der Waals surface area contributed by atoms with Gasteiger partial charge in [0.25, 0.3) is 0 Å². The molecular weight excluding hydrogens is 228 g/mol. The van der Waals surface area contributed by atoms with Crippen LogP contribution in [-0.2, 0) is 4.79 Å². The van der Waals surface area contributed by atoms with Gasteiger partial charge in [0, 0.05) is 31.7 Å². The summed E-state index contributed by atoms with van der Waals surface area (Å²) >= 11 is 0. The van der Waals surface area contributed by atoms with Gasteiger partial charge < -0.3 is 10.0 Å². The van der Waals surface area contributed by atoms with Crippen molar-refractivity contribution in [2.45, 2.75) is 51.6 Å². The number of nitrogens with zero attached hydrogens (tertiary/aromatic N) is 2. The predicted molar refractivity (Wildman–Crippen MR) is 71.3 cm³/mol. The first-order valence-corrected chi connectivity index (χ1v) is 7.29. The number of hydrogen-bond donors (Lipinski definition) is 1. The Bertz CT molecular complexity index is 294. The van der Waals surface area contributed by atoms with Gasteiger partial charge in [0.1, 0.15) is 0 Å². The highest BCUT2D eigenvalue weighted by atomic mass is 16.3. The third kappa shape index (κ3) is 2.86. The molecule has 1 N–H and O–H groups in total. The Labute approximate surface area is 110 Å². The molecule has 0 spiro atoms. The molecule has 0 saturated carbocycles. The van der Waals surface area contributed by atoms with Crippen LogP contribution in [0.5, 0.6) is 0 Å². The Morgan fingerprint density at radius 3 is 2.67 bits per heavy atom. The summed E-state index contributed by atoms with van der Waals surface area (Å²) in [6.45, 7) is 7.18. The molecule has 18 heavy (non-hydrogen) atoms. The highest BCUT2D eigenvalue weighted by Crippen LogP contribution is 2.24. The first-order valence-electron chi connectivity index (χ1n) is 7.29. The summed E-state index contributed by atoms with van der Waals surface area (Å²) in [7, 11) is 0. The third-order valence-corrected chi connectivity index (χ3v) is 4.35. The van der Waals surface area contributed by atoms with Crippen LogP contribution in [0.15, 0.2) is 0 Å². The van der Waals surface area contributed by atoms with Crippen molar-refractivity contribution in [3.63, 3.8) is 0 Å². The monoisotopic (exact) mass is 254 g/mol. The maximum Gasteiger partial charge on any atom is 0.239 e. The number of aliphatic hydroxyl groups is 1. The lowest BCUT2D eigenvalue weighted by atomic mass is 9.99. The molecule has 2 atom stereocenters. The summed E-state index contributed by atoms with van der Waals surface area (Å²) in [6.07, 6.45) is 4.33. The number of aliphatic hydroxyl groups excluding tert-OH is 1. The zero-order valence-electron chi connectivity index (χ0n) is 11.6. The van der Waals surface area contributed by atoms with Crippen molar-refractivity contribution >= 4 is 5.91 Å². The fourth-order valence-corrected chi connectivity index (χ4v) is 3.23. The van der Waals surface area contributed by atoms with Crippen LogP contribution in [0.1, 0.15) is 39.5 Å². The van der Waals surface area contributed by atoms with E-state index in [1.54, 1.807) is 0 Å². The maximum absolute atomic E-state index is 12.6. The molecule has 0 aromatic heterocycles. The van der Waals surface area contributed by atoms with E-state index in [-0.39, 0.29) is 12.6 Å². The van der Waals surface area contributed by atoms with E-state index in [1.165, 1.54) is 6.42 Å². The lowest BCUT2D eigenvalue weighted by molar-refractivity contribution is -0.138. The second kappa shape index (κ2) is 6.02. The van der Waals surface area contributed by atoms with E-state index in [4.69, 9.17) is 5.11 Å². The molecule has 2 aliphatic rings. The Morgan fingerprint density at radius 1 is 1.28 bits per heavy atom. The molecule has 0 bridgehead atoms. The number of amides is 1. The highest BCUT2D eigenvalue weighted by Gasteiger charge is 2.35. The van der Waals surface area contributed by atoms with E-state index in [9.17, 15) is 4.79 Å². The molecule has 2 rings (SSSR count). The van der Waals surface area contributed by atoms with Crippen molar-refractivity contribution in [3.05, 3.63) is 0 Å². The molecule has 4 nitrogen and oxygen atoms in total. The lowest BCUT2D eigenvalue weighted by Crippen LogP contribution is -2.52. The van der Waals surface area contributed by atoms with Crippen LogP contribution in [0.2, 0.25) is 0 Å². The fraction of sp³-hybridized carbons (Fsp3) is 0.929. The first-order chi connectivity index (χ1) is 8.63. The predicted octanol–water partition coefficient (Wildman–Crippen LogP) is 1.09. The molecule has 4 heteroatoms. The number of likely N-dealkylation sites (tertiary alicyclic amines) is 2. The highest BCUT2D eigenvalue weighted by molar-refractivity contribution is 5.82. The van der Waals surface area contributed by atoms with E-state index < -0.39 is 0 Å². The summed E-state index contributed by atoms with van der Waals surface area (Å²) in [4.78, 5) is 16.9. The van der Waals surface area contributed by atoms with Crippen LogP contribution < -0.4 is 0 Å². The Morgan fingerprint density at radius 2 is 2.06 bits per heavy atom. The fourth-order valence-electron chi connectivity index (χ4n) is 3.23. The summed E-state index contributed by atoms with van der Waals surface area (Å²) in [5.74, 6) is 0.587. The average Bonchev–Trinajstić information content (AvgIpc) is 2.86. The molecule has 0 aromatic rings. The quantitative estimate of drug-likeness (QED) is 0.820. The Kier molecular flexibility index (Phi) is 4.62. The largest absolute Gasteiger partial charge is 0.396 e. The van der Waals surface area contributed by atoms with Gasteiger partial charge in [-0.05, 0) is 39.7 Å². The van der Waals surface area contributed by atoms with Crippen molar-refractivity contribution in [1.29, 1.82) is 0 Å². The summed E-state index contributed by atoms with van der Waals surface area (Å²) < 4.78 is 0. The minimum Gasteiger partial charge on any atom is -0.396 e. The van der Waals surface area contributed by atoms with Crippen molar-refractivity contribution in [2.75, 3.05) is 26.2 Å².